The number of hydrogen-bond donors (Lipinski definition) is 0. The summed E-state index contributed by atoms with van der Waals surface area (Å²) in [4.78, 5) is 23.7. The minimum atomic E-state index is -0.504. The lowest BCUT2D eigenvalue weighted by Crippen LogP contribution is -2.66. The first-order chi connectivity index (χ1) is 16.5. The van der Waals surface area contributed by atoms with Crippen LogP contribution in [0, 0.1) is 35.3 Å². The predicted octanol–water partition coefficient (Wildman–Crippen LogP) is 6.09. The molecule has 2 aromatic rings. The summed E-state index contributed by atoms with van der Waals surface area (Å²) in [6.45, 7) is 10.00. The molecule has 0 amide bonds. The van der Waals surface area contributed by atoms with Crippen LogP contribution in [0.4, 0.5) is 5.69 Å². The second-order valence-electron chi connectivity index (χ2n) is 10.5. The third kappa shape index (κ3) is 3.24. The highest BCUT2D eigenvalue weighted by molar-refractivity contribution is 5.49. The highest BCUT2D eigenvalue weighted by atomic mass is 16.6. The van der Waals surface area contributed by atoms with Crippen molar-refractivity contribution in [3.05, 3.63) is 90.4 Å². The van der Waals surface area contributed by atoms with Crippen molar-refractivity contribution in [2.45, 2.75) is 65.1 Å². The SMILES string of the molecule is COc1oc(C2CCC3(O2)C2C(C)=CC(C)=CC2(C)C3c2ccc([N+](=O)[O-])cc2)c(C)c(=O)c1C. The van der Waals surface area contributed by atoms with Crippen molar-refractivity contribution in [2.24, 2.45) is 11.3 Å². The molecule has 1 saturated carbocycles. The Bertz CT molecular complexity index is 1340. The van der Waals surface area contributed by atoms with Gasteiger partial charge in [-0.2, -0.15) is 0 Å². The molecule has 1 saturated heterocycles. The van der Waals surface area contributed by atoms with Gasteiger partial charge in [-0.3, -0.25) is 14.9 Å². The summed E-state index contributed by atoms with van der Waals surface area (Å²) in [5, 5.41) is 11.2. The van der Waals surface area contributed by atoms with Gasteiger partial charge in [0.1, 0.15) is 11.9 Å². The number of non-ortho nitro benzene ring substituents is 1. The first-order valence-corrected chi connectivity index (χ1v) is 12.0. The van der Waals surface area contributed by atoms with E-state index in [-0.39, 0.29) is 45.3 Å². The molecule has 7 nitrogen and oxygen atoms in total. The lowest BCUT2D eigenvalue weighted by molar-refractivity contribution is -0.384. The fraction of sp³-hybridized carbons (Fsp3) is 0.464. The molecule has 1 aliphatic heterocycles. The van der Waals surface area contributed by atoms with Gasteiger partial charge in [0.15, 0.2) is 5.43 Å². The van der Waals surface area contributed by atoms with Crippen LogP contribution < -0.4 is 10.2 Å². The maximum absolute atomic E-state index is 12.8. The van der Waals surface area contributed by atoms with Crippen LogP contribution in [-0.4, -0.2) is 17.6 Å². The fourth-order valence-corrected chi connectivity index (χ4v) is 7.33. The minimum absolute atomic E-state index is 0.00350. The molecule has 5 unspecified atom stereocenters. The molecule has 3 aliphatic rings. The first-order valence-electron chi connectivity index (χ1n) is 12.0. The Hall–Kier alpha value is -3.19. The molecule has 1 aromatic heterocycles. The van der Waals surface area contributed by atoms with Crippen LogP contribution in [-0.2, 0) is 4.74 Å². The maximum atomic E-state index is 12.8. The average Bonchev–Trinajstić information content (AvgIpc) is 3.23. The molecule has 7 heteroatoms. The lowest BCUT2D eigenvalue weighted by atomic mass is 9.40. The summed E-state index contributed by atoms with van der Waals surface area (Å²) in [5.74, 6) is 0.902. The number of nitro groups is 1. The summed E-state index contributed by atoms with van der Waals surface area (Å²) in [7, 11) is 1.49. The largest absolute Gasteiger partial charge is 0.468 e. The highest BCUT2D eigenvalue weighted by Gasteiger charge is 2.72. The second kappa shape index (κ2) is 7.92. The molecule has 0 N–H and O–H groups in total. The van der Waals surface area contributed by atoms with Gasteiger partial charge in [-0.15, -0.1) is 0 Å². The van der Waals surface area contributed by atoms with Crippen molar-refractivity contribution in [3.8, 4) is 5.95 Å². The quantitative estimate of drug-likeness (QED) is 0.391. The summed E-state index contributed by atoms with van der Waals surface area (Å²) in [6, 6.07) is 6.87. The average molecular weight is 478 g/mol. The Balaban J connectivity index is 1.60. The van der Waals surface area contributed by atoms with E-state index in [9.17, 15) is 14.9 Å². The van der Waals surface area contributed by atoms with Crippen LogP contribution in [0.25, 0.3) is 0 Å². The Kier molecular flexibility index (Phi) is 5.33. The van der Waals surface area contributed by atoms with Crippen molar-refractivity contribution in [2.75, 3.05) is 7.11 Å². The van der Waals surface area contributed by atoms with Gasteiger partial charge in [-0.1, -0.05) is 42.4 Å². The highest BCUT2D eigenvalue weighted by Crippen LogP contribution is 2.73. The van der Waals surface area contributed by atoms with Gasteiger partial charge >= 0.3 is 0 Å². The smallest absolute Gasteiger partial charge is 0.291 e. The monoisotopic (exact) mass is 477 g/mol. The molecular weight excluding hydrogens is 446 g/mol. The third-order valence-electron chi connectivity index (χ3n) is 8.30. The zero-order valence-electron chi connectivity index (χ0n) is 21.0. The second-order valence-corrected chi connectivity index (χ2v) is 10.5. The summed E-state index contributed by atoms with van der Waals surface area (Å²) >= 11 is 0. The zero-order valence-corrected chi connectivity index (χ0v) is 21.0. The molecule has 184 valence electrons. The number of benzene rings is 1. The molecule has 1 aromatic carbocycles. The van der Waals surface area contributed by atoms with Crippen molar-refractivity contribution in [3.63, 3.8) is 0 Å². The van der Waals surface area contributed by atoms with Gasteiger partial charge < -0.3 is 13.9 Å². The molecule has 0 radical (unpaired) electrons. The number of ether oxygens (including phenoxy) is 2. The van der Waals surface area contributed by atoms with Gasteiger partial charge in [-0.05, 0) is 46.1 Å². The first kappa shape index (κ1) is 23.5. The topological polar surface area (TPSA) is 91.8 Å². The minimum Gasteiger partial charge on any atom is -0.468 e. The van der Waals surface area contributed by atoms with E-state index < -0.39 is 5.60 Å². The van der Waals surface area contributed by atoms with Gasteiger partial charge in [0.2, 0.25) is 0 Å². The summed E-state index contributed by atoms with van der Waals surface area (Å²) < 4.78 is 18.3. The summed E-state index contributed by atoms with van der Waals surface area (Å²) in [5.41, 5.74) is 3.79. The van der Waals surface area contributed by atoms with Crippen molar-refractivity contribution >= 4 is 5.69 Å². The van der Waals surface area contributed by atoms with Crippen LogP contribution >= 0.6 is 0 Å². The van der Waals surface area contributed by atoms with Crippen LogP contribution in [0.3, 0.4) is 0 Å². The molecular formula is C28H31NO6. The molecule has 35 heavy (non-hydrogen) atoms. The van der Waals surface area contributed by atoms with Gasteiger partial charge in [0, 0.05) is 34.9 Å². The third-order valence-corrected chi connectivity index (χ3v) is 8.30. The van der Waals surface area contributed by atoms with E-state index in [4.69, 9.17) is 13.9 Å². The van der Waals surface area contributed by atoms with Crippen molar-refractivity contribution < 1.29 is 18.8 Å². The summed E-state index contributed by atoms with van der Waals surface area (Å²) in [6.07, 6.45) is 5.66. The Labute approximate surface area is 204 Å². The number of methoxy groups -OCH3 is 1. The predicted molar refractivity (Wildman–Crippen MR) is 132 cm³/mol. The normalized spacial score (nSPS) is 31.4. The molecule has 5 atom stereocenters. The van der Waals surface area contributed by atoms with Crippen LogP contribution in [0.2, 0.25) is 0 Å². The van der Waals surface area contributed by atoms with E-state index in [0.29, 0.717) is 23.3 Å². The van der Waals surface area contributed by atoms with E-state index in [0.717, 1.165) is 12.0 Å². The molecule has 5 rings (SSSR count). The number of nitrogens with zero attached hydrogens (tertiary/aromatic N) is 1. The Morgan fingerprint density at radius 1 is 1.09 bits per heavy atom. The lowest BCUT2D eigenvalue weighted by Gasteiger charge is -2.67. The maximum Gasteiger partial charge on any atom is 0.291 e. The van der Waals surface area contributed by atoms with E-state index in [1.165, 1.54) is 18.3 Å². The standard InChI is InChI=1S/C28H31NO6/c1-15-13-16(2)24-27(5,14-15)25(19-7-9-20(10-8-19)29(31)32)28(24)12-11-21(35-28)23-17(3)22(30)18(4)26(33-6)34-23/h7-10,13-14,21,24-25H,11-12H2,1-6H3. The Morgan fingerprint density at radius 2 is 1.77 bits per heavy atom. The van der Waals surface area contributed by atoms with E-state index >= 15 is 0 Å². The number of fused-ring (bicyclic) bond motifs is 2. The van der Waals surface area contributed by atoms with E-state index in [2.05, 4.69) is 32.9 Å². The number of nitro benzene ring substituents is 1. The van der Waals surface area contributed by atoms with Crippen LogP contribution in [0.1, 0.15) is 68.1 Å². The van der Waals surface area contributed by atoms with Crippen molar-refractivity contribution in [1.29, 1.82) is 0 Å². The molecule has 2 fully saturated rings. The fourth-order valence-electron chi connectivity index (χ4n) is 7.33. The number of rotatable bonds is 4. The Morgan fingerprint density at radius 3 is 2.40 bits per heavy atom. The van der Waals surface area contributed by atoms with Gasteiger partial charge in [0.25, 0.3) is 11.6 Å². The zero-order chi connectivity index (χ0) is 25.3. The van der Waals surface area contributed by atoms with E-state index in [1.54, 1.807) is 26.0 Å². The van der Waals surface area contributed by atoms with Gasteiger partial charge in [-0.25, -0.2) is 0 Å². The van der Waals surface area contributed by atoms with Crippen LogP contribution in [0.15, 0.2) is 56.8 Å². The van der Waals surface area contributed by atoms with Gasteiger partial charge in [0.05, 0.1) is 23.2 Å². The molecule has 0 bridgehead atoms. The molecule has 1 spiro atoms. The number of hydrogen-bond acceptors (Lipinski definition) is 6. The molecule has 2 heterocycles. The van der Waals surface area contributed by atoms with Crippen LogP contribution in [0.5, 0.6) is 5.95 Å². The molecule has 2 aliphatic carbocycles. The van der Waals surface area contributed by atoms with Crippen molar-refractivity contribution in [1.82, 2.24) is 0 Å². The van der Waals surface area contributed by atoms with E-state index in [1.807, 2.05) is 12.1 Å². The number of allylic oxidation sites excluding steroid dienone is 3.